The molecule has 2 aromatic carbocycles. The molecule has 39 heavy (non-hydrogen) atoms. The Bertz CT molecular complexity index is 1360. The van der Waals surface area contributed by atoms with Crippen LogP contribution in [-0.4, -0.2) is 4.98 Å². The molecule has 0 radical (unpaired) electrons. The normalized spacial score (nSPS) is 24.9. The van der Waals surface area contributed by atoms with Gasteiger partial charge in [-0.05, 0) is 152 Å². The fourth-order valence-electron chi connectivity index (χ4n) is 7.75. The van der Waals surface area contributed by atoms with E-state index in [1.165, 1.54) is 72.8 Å². The molecule has 1 aromatic heterocycles. The topological polar surface area (TPSA) is 12.9 Å². The van der Waals surface area contributed by atoms with E-state index in [1.807, 2.05) is 12.4 Å². The Morgan fingerprint density at radius 1 is 0.821 bits per heavy atom. The van der Waals surface area contributed by atoms with Crippen LogP contribution in [0, 0.1) is 38.0 Å². The summed E-state index contributed by atoms with van der Waals surface area (Å²) in [5, 5.41) is 0. The maximum Gasteiger partial charge on any atom is 0.0305 e. The number of pyridine rings is 1. The van der Waals surface area contributed by atoms with Crippen LogP contribution in [0.25, 0.3) is 0 Å². The number of hydrogen-bond donors (Lipinski definition) is 0. The molecule has 0 aliphatic heterocycles. The van der Waals surface area contributed by atoms with Gasteiger partial charge in [-0.25, -0.2) is 0 Å². The first-order valence-corrected chi connectivity index (χ1v) is 15.3. The minimum absolute atomic E-state index is 0.570. The molecule has 0 spiro atoms. The molecule has 4 atom stereocenters. The molecule has 1 fully saturated rings. The summed E-state index contributed by atoms with van der Waals surface area (Å²) >= 11 is 0. The van der Waals surface area contributed by atoms with Gasteiger partial charge < -0.3 is 0 Å². The largest absolute Gasteiger partial charge is 0.264 e. The van der Waals surface area contributed by atoms with E-state index in [0.717, 1.165) is 17.8 Å². The van der Waals surface area contributed by atoms with Crippen LogP contribution in [0.15, 0.2) is 60.9 Å². The maximum absolute atomic E-state index is 4.21. The second kappa shape index (κ2) is 11.1. The Hall–Kier alpha value is -2.67. The summed E-state index contributed by atoms with van der Waals surface area (Å²) in [6, 6.07) is 13.5. The average molecular weight is 520 g/mol. The first-order chi connectivity index (χ1) is 18.6. The first kappa shape index (κ1) is 27.9. The van der Waals surface area contributed by atoms with Gasteiger partial charge >= 0.3 is 0 Å². The molecule has 1 saturated carbocycles. The highest BCUT2D eigenvalue weighted by atomic mass is 14.6. The lowest BCUT2D eigenvalue weighted by molar-refractivity contribution is 0.0183. The van der Waals surface area contributed by atoms with Gasteiger partial charge in [-0.3, -0.25) is 4.98 Å². The Kier molecular flexibility index (Phi) is 7.91. The maximum atomic E-state index is 4.21. The summed E-state index contributed by atoms with van der Waals surface area (Å²) < 4.78 is 0. The summed E-state index contributed by atoms with van der Waals surface area (Å²) in [5.74, 6) is 3.23. The van der Waals surface area contributed by atoms with E-state index < -0.39 is 0 Å². The zero-order valence-electron chi connectivity index (χ0n) is 25.5. The van der Waals surface area contributed by atoms with E-state index in [0.29, 0.717) is 11.3 Å². The van der Waals surface area contributed by atoms with Crippen molar-refractivity contribution in [1.82, 2.24) is 4.98 Å². The SMILES string of the molecule is C=C(C)[C@H]1CCc2cccc(C)c2C1.Cc1cccc2c1CC1CC2C1(C)C.Cc1cncc2c1CC[C@H]2C. The van der Waals surface area contributed by atoms with Crippen LogP contribution in [0.1, 0.15) is 109 Å². The zero-order valence-corrected chi connectivity index (χ0v) is 25.5. The van der Waals surface area contributed by atoms with E-state index in [1.54, 1.807) is 27.8 Å². The van der Waals surface area contributed by atoms with Crippen LogP contribution in [0.4, 0.5) is 0 Å². The van der Waals surface area contributed by atoms with Crippen LogP contribution < -0.4 is 0 Å². The zero-order chi connectivity index (χ0) is 27.9. The van der Waals surface area contributed by atoms with E-state index in [9.17, 15) is 0 Å². The number of aryl methyl sites for hydroxylation is 4. The molecule has 5 aliphatic rings. The third kappa shape index (κ3) is 5.39. The van der Waals surface area contributed by atoms with Crippen molar-refractivity contribution in [3.63, 3.8) is 0 Å². The molecule has 2 unspecified atom stereocenters. The highest BCUT2D eigenvalue weighted by Crippen LogP contribution is 2.62. The number of rotatable bonds is 1. The van der Waals surface area contributed by atoms with E-state index >= 15 is 0 Å². The van der Waals surface area contributed by atoms with Gasteiger partial charge in [0.1, 0.15) is 0 Å². The summed E-state index contributed by atoms with van der Waals surface area (Å²) in [4.78, 5) is 4.21. The summed E-state index contributed by atoms with van der Waals surface area (Å²) in [7, 11) is 0. The Morgan fingerprint density at radius 3 is 2.23 bits per heavy atom. The van der Waals surface area contributed by atoms with Gasteiger partial charge in [-0.1, -0.05) is 69.3 Å². The van der Waals surface area contributed by atoms with E-state index in [2.05, 4.69) is 96.4 Å². The fraction of sp³-hybridized carbons (Fsp3) is 0.500. The number of fused-ring (bicyclic) bond motifs is 2. The van der Waals surface area contributed by atoms with Crippen LogP contribution in [0.3, 0.4) is 0 Å². The Morgan fingerprint density at radius 2 is 1.54 bits per heavy atom. The van der Waals surface area contributed by atoms with Crippen molar-refractivity contribution in [2.75, 3.05) is 0 Å². The van der Waals surface area contributed by atoms with Crippen molar-refractivity contribution < 1.29 is 0 Å². The lowest BCUT2D eigenvalue weighted by Crippen LogP contribution is -2.48. The molecule has 0 amide bonds. The van der Waals surface area contributed by atoms with Gasteiger partial charge in [0, 0.05) is 12.4 Å². The van der Waals surface area contributed by atoms with Crippen molar-refractivity contribution in [3.05, 3.63) is 111 Å². The predicted octanol–water partition coefficient (Wildman–Crippen LogP) is 9.80. The predicted molar refractivity (Wildman–Crippen MR) is 167 cm³/mol. The highest BCUT2D eigenvalue weighted by Gasteiger charge is 2.52. The number of hydrogen-bond acceptors (Lipinski definition) is 1. The molecule has 0 N–H and O–H groups in total. The van der Waals surface area contributed by atoms with Gasteiger partial charge in [0.2, 0.25) is 0 Å². The van der Waals surface area contributed by atoms with Gasteiger partial charge in [0.25, 0.3) is 0 Å². The second-order valence-electron chi connectivity index (χ2n) is 13.6. The van der Waals surface area contributed by atoms with Crippen LogP contribution in [0.5, 0.6) is 0 Å². The molecule has 3 aromatic rings. The minimum Gasteiger partial charge on any atom is -0.264 e. The molecule has 8 rings (SSSR count). The van der Waals surface area contributed by atoms with Gasteiger partial charge in [-0.2, -0.15) is 0 Å². The Balaban J connectivity index is 0.000000120. The second-order valence-corrected chi connectivity index (χ2v) is 13.6. The Labute approximate surface area is 238 Å². The number of allylic oxidation sites excluding steroid dienone is 1. The smallest absolute Gasteiger partial charge is 0.0305 e. The van der Waals surface area contributed by atoms with Crippen molar-refractivity contribution in [2.45, 2.75) is 105 Å². The van der Waals surface area contributed by atoms with Gasteiger partial charge in [-0.15, -0.1) is 0 Å². The monoisotopic (exact) mass is 519 g/mol. The van der Waals surface area contributed by atoms with Crippen LogP contribution in [-0.2, 0) is 25.7 Å². The van der Waals surface area contributed by atoms with Crippen molar-refractivity contribution in [3.8, 4) is 0 Å². The molecule has 0 saturated heterocycles. The van der Waals surface area contributed by atoms with Gasteiger partial charge in [0.05, 0.1) is 0 Å². The average Bonchev–Trinajstić information content (AvgIpc) is 3.31. The van der Waals surface area contributed by atoms with Gasteiger partial charge in [0.15, 0.2) is 0 Å². The first-order valence-electron chi connectivity index (χ1n) is 15.3. The highest BCUT2D eigenvalue weighted by molar-refractivity contribution is 5.44. The third-order valence-electron chi connectivity index (χ3n) is 10.8. The van der Waals surface area contributed by atoms with Crippen molar-refractivity contribution >= 4 is 0 Å². The number of benzene rings is 2. The lowest BCUT2D eigenvalue weighted by Gasteiger charge is -2.57. The summed E-state index contributed by atoms with van der Waals surface area (Å²) in [6.07, 6.45) is 13.0. The lowest BCUT2D eigenvalue weighted by atomic mass is 9.47. The quantitative estimate of drug-likeness (QED) is 0.292. The molecule has 206 valence electrons. The molecule has 5 aliphatic carbocycles. The van der Waals surface area contributed by atoms with Crippen LogP contribution in [0.2, 0.25) is 0 Å². The van der Waals surface area contributed by atoms with Crippen molar-refractivity contribution in [2.24, 2.45) is 17.3 Å². The van der Waals surface area contributed by atoms with Crippen LogP contribution >= 0.6 is 0 Å². The molecule has 1 nitrogen and oxygen atoms in total. The standard InChI is InChI=1S/2C14H18.C10H13N/c1-9-5-4-6-11-12(9)7-10-8-13(11)14(10,2)3;1-10(2)13-8-7-12-6-4-5-11(3)14(12)9-13;1-7-3-4-9-8(2)5-11-6-10(7)9/h4-6,10,13H,7-8H2,1-3H3;4-6,13H,1,7-9H2,2-3H3;5-7H,3-4H2,1-2H3/t;13-;7-/m.01/s1. The van der Waals surface area contributed by atoms with E-state index in [4.69, 9.17) is 0 Å². The van der Waals surface area contributed by atoms with Crippen molar-refractivity contribution in [1.29, 1.82) is 0 Å². The molecular weight excluding hydrogens is 470 g/mol. The summed E-state index contributed by atoms with van der Waals surface area (Å²) in [6.45, 7) is 20.0. The molecule has 1 heteroatoms. The minimum atomic E-state index is 0.570. The molecule has 1 heterocycles. The van der Waals surface area contributed by atoms with E-state index in [-0.39, 0.29) is 0 Å². The molecular formula is C38H49N. The third-order valence-corrected chi connectivity index (χ3v) is 10.8. The fourth-order valence-corrected chi connectivity index (χ4v) is 7.75. The number of nitrogens with zero attached hydrogens (tertiary/aromatic N) is 1. The summed E-state index contributed by atoms with van der Waals surface area (Å²) in [5.41, 5.74) is 15.7. The number of aromatic nitrogens is 1. The molecule has 2 bridgehead atoms.